The molecule has 5 nitrogen and oxygen atoms in total. The fraction of sp³-hybridized carbons (Fsp3) is 0.667. The number of benzene rings is 1. The second-order valence-electron chi connectivity index (χ2n) is 8.72. The van der Waals surface area contributed by atoms with Gasteiger partial charge in [-0.1, -0.05) is 62.8 Å². The Morgan fingerprint density at radius 2 is 1.83 bits per heavy atom. The van der Waals surface area contributed by atoms with Crippen LogP contribution in [-0.2, 0) is 9.59 Å². The number of piperidine rings is 1. The maximum atomic E-state index is 12.3. The van der Waals surface area contributed by atoms with Gasteiger partial charge in [0.25, 0.3) is 0 Å². The quantitative estimate of drug-likeness (QED) is 0.409. The summed E-state index contributed by atoms with van der Waals surface area (Å²) in [6, 6.07) is 9.40. The first-order chi connectivity index (χ1) is 14.2. The zero-order valence-corrected chi connectivity index (χ0v) is 17.6. The Morgan fingerprint density at radius 1 is 1.03 bits per heavy atom. The van der Waals surface area contributed by atoms with Crippen LogP contribution in [0.25, 0.3) is 0 Å². The van der Waals surface area contributed by atoms with Gasteiger partial charge >= 0.3 is 0 Å². The van der Waals surface area contributed by atoms with Gasteiger partial charge in [-0.3, -0.25) is 14.9 Å². The Bertz CT molecular complexity index is 670. The van der Waals surface area contributed by atoms with Crippen molar-refractivity contribution in [3.8, 4) is 0 Å². The summed E-state index contributed by atoms with van der Waals surface area (Å²) >= 11 is 0. The summed E-state index contributed by atoms with van der Waals surface area (Å²) in [5.41, 5.74) is 7.93. The van der Waals surface area contributed by atoms with Crippen molar-refractivity contribution in [1.29, 1.82) is 0 Å². The SMILES string of the molecule is NCCCCCCC(NC1CCCCC1)c1cccc(C2CCC(=O)NC2=O)c1. The highest BCUT2D eigenvalue weighted by molar-refractivity contribution is 6.00. The third kappa shape index (κ3) is 6.65. The molecule has 2 atom stereocenters. The van der Waals surface area contributed by atoms with E-state index in [1.165, 1.54) is 56.9 Å². The Kier molecular flexibility index (Phi) is 8.69. The number of unbranched alkanes of at least 4 members (excludes halogenated alkanes) is 3. The Balaban J connectivity index is 1.69. The minimum absolute atomic E-state index is 0.156. The van der Waals surface area contributed by atoms with E-state index < -0.39 is 0 Å². The van der Waals surface area contributed by atoms with E-state index in [0.29, 0.717) is 24.9 Å². The van der Waals surface area contributed by atoms with E-state index >= 15 is 0 Å². The van der Waals surface area contributed by atoms with Crippen LogP contribution in [0.3, 0.4) is 0 Å². The minimum atomic E-state index is -0.215. The molecule has 0 radical (unpaired) electrons. The van der Waals surface area contributed by atoms with Crippen molar-refractivity contribution in [2.45, 2.75) is 95.1 Å². The summed E-state index contributed by atoms with van der Waals surface area (Å²) in [6.45, 7) is 0.776. The molecule has 2 aliphatic rings. The van der Waals surface area contributed by atoms with Crippen LogP contribution in [0.4, 0.5) is 0 Å². The molecule has 1 heterocycles. The predicted octanol–water partition coefficient (Wildman–Crippen LogP) is 4.08. The van der Waals surface area contributed by atoms with E-state index in [1.54, 1.807) is 0 Å². The van der Waals surface area contributed by atoms with Gasteiger partial charge in [0.05, 0.1) is 5.92 Å². The summed E-state index contributed by atoms with van der Waals surface area (Å²) < 4.78 is 0. The van der Waals surface area contributed by atoms with Crippen LogP contribution < -0.4 is 16.4 Å². The molecule has 0 bridgehead atoms. The Morgan fingerprint density at radius 3 is 2.59 bits per heavy atom. The molecule has 5 heteroatoms. The van der Waals surface area contributed by atoms with Gasteiger partial charge in [-0.25, -0.2) is 0 Å². The van der Waals surface area contributed by atoms with Crippen molar-refractivity contribution in [3.63, 3.8) is 0 Å². The highest BCUT2D eigenvalue weighted by Crippen LogP contribution is 2.30. The average Bonchev–Trinajstić information content (AvgIpc) is 2.73. The molecule has 160 valence electrons. The molecular formula is C24H37N3O2. The Hall–Kier alpha value is -1.72. The molecule has 2 amide bonds. The monoisotopic (exact) mass is 399 g/mol. The standard InChI is InChI=1S/C24H37N3O2/c25-16-7-2-1-6-13-22(26-20-11-4-3-5-12-20)19-10-8-9-18(17-19)21-14-15-23(28)27-24(21)29/h8-10,17,20-22,26H,1-7,11-16,25H2,(H,27,28,29). The van der Waals surface area contributed by atoms with E-state index in [0.717, 1.165) is 24.9 Å². The van der Waals surface area contributed by atoms with Gasteiger partial charge in [-0.2, -0.15) is 0 Å². The first-order valence-electron chi connectivity index (χ1n) is 11.6. The number of nitrogens with one attached hydrogen (secondary N) is 2. The molecule has 3 rings (SSSR count). The lowest BCUT2D eigenvalue weighted by atomic mass is 9.87. The minimum Gasteiger partial charge on any atom is -0.330 e. The molecule has 1 aromatic rings. The van der Waals surface area contributed by atoms with Gasteiger partial charge < -0.3 is 11.1 Å². The van der Waals surface area contributed by atoms with Crippen LogP contribution in [0.5, 0.6) is 0 Å². The van der Waals surface area contributed by atoms with Gasteiger partial charge in [-0.15, -0.1) is 0 Å². The summed E-state index contributed by atoms with van der Waals surface area (Å²) in [5, 5.41) is 6.42. The van der Waals surface area contributed by atoms with E-state index in [4.69, 9.17) is 5.73 Å². The second-order valence-corrected chi connectivity index (χ2v) is 8.72. The fourth-order valence-electron chi connectivity index (χ4n) is 4.75. The van der Waals surface area contributed by atoms with Gasteiger partial charge in [0.15, 0.2) is 0 Å². The average molecular weight is 400 g/mol. The summed E-state index contributed by atoms with van der Waals surface area (Å²) in [6.07, 6.45) is 13.3. The molecule has 1 aliphatic heterocycles. The zero-order valence-electron chi connectivity index (χ0n) is 17.6. The maximum absolute atomic E-state index is 12.3. The van der Waals surface area contributed by atoms with Crippen molar-refractivity contribution < 1.29 is 9.59 Å². The number of imide groups is 1. The van der Waals surface area contributed by atoms with E-state index in [1.807, 2.05) is 6.07 Å². The highest BCUT2D eigenvalue weighted by Gasteiger charge is 2.28. The van der Waals surface area contributed by atoms with Crippen molar-refractivity contribution in [2.24, 2.45) is 5.73 Å². The van der Waals surface area contributed by atoms with Crippen molar-refractivity contribution in [3.05, 3.63) is 35.4 Å². The molecule has 2 unspecified atom stereocenters. The zero-order chi connectivity index (χ0) is 20.5. The predicted molar refractivity (Wildman–Crippen MR) is 116 cm³/mol. The van der Waals surface area contributed by atoms with Crippen molar-refractivity contribution in [2.75, 3.05) is 6.54 Å². The molecule has 1 aromatic carbocycles. The van der Waals surface area contributed by atoms with Crippen LogP contribution in [0.1, 0.15) is 100 Å². The molecular weight excluding hydrogens is 362 g/mol. The first-order valence-corrected chi connectivity index (χ1v) is 11.6. The maximum Gasteiger partial charge on any atom is 0.234 e. The normalized spacial score (nSPS) is 21.8. The molecule has 4 N–H and O–H groups in total. The largest absolute Gasteiger partial charge is 0.330 e. The molecule has 2 fully saturated rings. The second kappa shape index (κ2) is 11.5. The van der Waals surface area contributed by atoms with Gasteiger partial charge in [-0.05, 0) is 49.8 Å². The number of rotatable bonds is 10. The number of nitrogens with two attached hydrogens (primary N) is 1. The number of carbonyl (C=O) groups is 2. The Labute approximate surface area is 175 Å². The molecule has 1 saturated heterocycles. The topological polar surface area (TPSA) is 84.2 Å². The molecule has 29 heavy (non-hydrogen) atoms. The van der Waals surface area contributed by atoms with E-state index in [9.17, 15) is 9.59 Å². The summed E-state index contributed by atoms with van der Waals surface area (Å²) in [4.78, 5) is 23.8. The molecule has 0 spiro atoms. The molecule has 0 aromatic heterocycles. The van der Waals surface area contributed by atoms with Crippen molar-refractivity contribution >= 4 is 11.8 Å². The van der Waals surface area contributed by atoms with Gasteiger partial charge in [0, 0.05) is 18.5 Å². The van der Waals surface area contributed by atoms with E-state index in [2.05, 4.69) is 28.8 Å². The first kappa shape index (κ1) is 22.0. The number of hydrogen-bond donors (Lipinski definition) is 3. The van der Waals surface area contributed by atoms with Crippen LogP contribution in [0.2, 0.25) is 0 Å². The van der Waals surface area contributed by atoms with E-state index in [-0.39, 0.29) is 17.7 Å². The van der Waals surface area contributed by atoms with Crippen LogP contribution in [-0.4, -0.2) is 24.4 Å². The lowest BCUT2D eigenvalue weighted by molar-refractivity contribution is -0.134. The molecule has 1 aliphatic carbocycles. The third-order valence-electron chi connectivity index (χ3n) is 6.44. The van der Waals surface area contributed by atoms with Crippen LogP contribution in [0, 0.1) is 0 Å². The lowest BCUT2D eigenvalue weighted by Gasteiger charge is -2.30. The number of amides is 2. The molecule has 1 saturated carbocycles. The van der Waals surface area contributed by atoms with Gasteiger partial charge in [0.1, 0.15) is 0 Å². The van der Waals surface area contributed by atoms with Crippen LogP contribution in [0.15, 0.2) is 24.3 Å². The van der Waals surface area contributed by atoms with Crippen LogP contribution >= 0.6 is 0 Å². The lowest BCUT2D eigenvalue weighted by Crippen LogP contribution is -2.39. The summed E-state index contributed by atoms with van der Waals surface area (Å²) in [5.74, 6) is -0.527. The number of carbonyl (C=O) groups excluding carboxylic acids is 2. The fourth-order valence-corrected chi connectivity index (χ4v) is 4.75. The summed E-state index contributed by atoms with van der Waals surface area (Å²) in [7, 11) is 0. The number of hydrogen-bond acceptors (Lipinski definition) is 4. The smallest absolute Gasteiger partial charge is 0.234 e. The highest BCUT2D eigenvalue weighted by atomic mass is 16.2. The third-order valence-corrected chi connectivity index (χ3v) is 6.44. The van der Waals surface area contributed by atoms with Crippen molar-refractivity contribution in [1.82, 2.24) is 10.6 Å². The van der Waals surface area contributed by atoms with Gasteiger partial charge in [0.2, 0.25) is 11.8 Å².